The summed E-state index contributed by atoms with van der Waals surface area (Å²) in [5.74, 6) is 1.83. The normalized spacial score (nSPS) is 10.2. The number of hydrogen-bond acceptors (Lipinski definition) is 3. The Bertz CT molecular complexity index is 520. The maximum Gasteiger partial charge on any atom is 0.119 e. The average Bonchev–Trinajstić information content (AvgIpc) is 2.55. The highest BCUT2D eigenvalue weighted by molar-refractivity contribution is 5.46. The molecule has 1 N–H and O–H groups in total. The summed E-state index contributed by atoms with van der Waals surface area (Å²) in [7, 11) is 1.68. The third kappa shape index (κ3) is 5.03. The van der Waals surface area contributed by atoms with Crippen LogP contribution in [0.25, 0.3) is 0 Å². The van der Waals surface area contributed by atoms with Crippen molar-refractivity contribution in [2.24, 2.45) is 0 Å². The lowest BCUT2D eigenvalue weighted by molar-refractivity contribution is 0.317. The summed E-state index contributed by atoms with van der Waals surface area (Å²) in [6, 6.07) is 16.3. The van der Waals surface area contributed by atoms with E-state index in [1.807, 2.05) is 24.3 Å². The first-order valence-electron chi connectivity index (χ1n) is 7.41. The minimum Gasteiger partial charge on any atom is -0.497 e. The zero-order chi connectivity index (χ0) is 14.9. The topological polar surface area (TPSA) is 30.5 Å². The van der Waals surface area contributed by atoms with Gasteiger partial charge in [0.25, 0.3) is 0 Å². The van der Waals surface area contributed by atoms with Crippen molar-refractivity contribution in [3.05, 3.63) is 54.1 Å². The molecule has 0 unspecified atom stereocenters. The Morgan fingerprint density at radius 3 is 2.19 bits per heavy atom. The van der Waals surface area contributed by atoms with Crippen molar-refractivity contribution in [2.45, 2.75) is 19.8 Å². The van der Waals surface area contributed by atoms with E-state index in [1.54, 1.807) is 7.11 Å². The maximum atomic E-state index is 5.57. The lowest BCUT2D eigenvalue weighted by Crippen LogP contribution is -2.04. The van der Waals surface area contributed by atoms with Gasteiger partial charge in [-0.1, -0.05) is 19.1 Å². The molecule has 0 fully saturated rings. The van der Waals surface area contributed by atoms with E-state index in [0.717, 1.165) is 43.2 Å². The van der Waals surface area contributed by atoms with E-state index < -0.39 is 0 Å². The van der Waals surface area contributed by atoms with Crippen molar-refractivity contribution in [1.82, 2.24) is 0 Å². The molecule has 21 heavy (non-hydrogen) atoms. The molecule has 112 valence electrons. The molecule has 2 rings (SSSR count). The Kier molecular flexibility index (Phi) is 5.95. The monoisotopic (exact) mass is 285 g/mol. The highest BCUT2D eigenvalue weighted by Gasteiger charge is 1.97. The largest absolute Gasteiger partial charge is 0.497 e. The van der Waals surface area contributed by atoms with Crippen molar-refractivity contribution in [3.63, 3.8) is 0 Å². The fourth-order valence-corrected chi connectivity index (χ4v) is 2.03. The number of rotatable bonds is 8. The highest BCUT2D eigenvalue weighted by Crippen LogP contribution is 2.16. The van der Waals surface area contributed by atoms with Crippen molar-refractivity contribution in [3.8, 4) is 11.5 Å². The van der Waals surface area contributed by atoms with Crippen LogP contribution >= 0.6 is 0 Å². The lowest BCUT2D eigenvalue weighted by atomic mass is 10.1. The van der Waals surface area contributed by atoms with Gasteiger partial charge in [0.05, 0.1) is 13.7 Å². The summed E-state index contributed by atoms with van der Waals surface area (Å²) in [6.07, 6.45) is 2.01. The maximum absolute atomic E-state index is 5.57. The van der Waals surface area contributed by atoms with Gasteiger partial charge in [0, 0.05) is 12.2 Å². The molecule has 0 aliphatic rings. The Morgan fingerprint density at radius 1 is 0.905 bits per heavy atom. The molecule has 2 aromatic carbocycles. The Labute approximate surface area is 126 Å². The van der Waals surface area contributed by atoms with Crippen LogP contribution in [0.1, 0.15) is 18.9 Å². The summed E-state index contributed by atoms with van der Waals surface area (Å²) in [4.78, 5) is 0. The molecule has 0 spiro atoms. The molecule has 3 heteroatoms. The molecule has 2 aromatic rings. The van der Waals surface area contributed by atoms with E-state index in [2.05, 4.69) is 36.5 Å². The van der Waals surface area contributed by atoms with Crippen LogP contribution in [0, 0.1) is 0 Å². The number of benzene rings is 2. The number of ether oxygens (including phenoxy) is 2. The standard InChI is InChI=1S/C18H23NO2/c1-3-14-21-18-10-6-16(7-11-18)19-13-12-15-4-8-17(20-2)9-5-15/h4-11,19H,3,12-14H2,1-2H3. The second-order valence-electron chi connectivity index (χ2n) is 4.90. The highest BCUT2D eigenvalue weighted by atomic mass is 16.5. The Balaban J connectivity index is 1.77. The first-order valence-corrected chi connectivity index (χ1v) is 7.41. The van der Waals surface area contributed by atoms with Crippen LogP contribution in [0.5, 0.6) is 11.5 Å². The fraction of sp³-hybridized carbons (Fsp3) is 0.333. The van der Waals surface area contributed by atoms with Gasteiger partial charge in [-0.15, -0.1) is 0 Å². The van der Waals surface area contributed by atoms with Crippen LogP contribution in [-0.2, 0) is 6.42 Å². The molecule has 0 atom stereocenters. The molecule has 0 aromatic heterocycles. The molecule has 0 bridgehead atoms. The minimum absolute atomic E-state index is 0.768. The predicted octanol–water partition coefficient (Wildman–Crippen LogP) is 4.14. The van der Waals surface area contributed by atoms with Crippen LogP contribution in [0.3, 0.4) is 0 Å². The third-order valence-corrected chi connectivity index (χ3v) is 3.23. The van der Waals surface area contributed by atoms with Gasteiger partial charge in [-0.05, 0) is 54.8 Å². The molecule has 0 heterocycles. The molecule has 0 amide bonds. The Hall–Kier alpha value is -2.16. The predicted molar refractivity (Wildman–Crippen MR) is 87.4 cm³/mol. The van der Waals surface area contributed by atoms with E-state index in [1.165, 1.54) is 5.56 Å². The SMILES string of the molecule is CCCOc1ccc(NCCc2ccc(OC)cc2)cc1. The van der Waals surface area contributed by atoms with Gasteiger partial charge in [0.15, 0.2) is 0 Å². The van der Waals surface area contributed by atoms with Crippen LogP contribution in [0.4, 0.5) is 5.69 Å². The number of nitrogens with one attached hydrogen (secondary N) is 1. The van der Waals surface area contributed by atoms with Crippen LogP contribution in [-0.4, -0.2) is 20.3 Å². The lowest BCUT2D eigenvalue weighted by Gasteiger charge is -2.09. The zero-order valence-corrected chi connectivity index (χ0v) is 12.8. The van der Waals surface area contributed by atoms with Gasteiger partial charge >= 0.3 is 0 Å². The van der Waals surface area contributed by atoms with Crippen LogP contribution < -0.4 is 14.8 Å². The van der Waals surface area contributed by atoms with Crippen molar-refractivity contribution < 1.29 is 9.47 Å². The number of methoxy groups -OCH3 is 1. The first-order chi connectivity index (χ1) is 10.3. The van der Waals surface area contributed by atoms with Gasteiger partial charge in [-0.2, -0.15) is 0 Å². The molecular formula is C18H23NO2. The van der Waals surface area contributed by atoms with E-state index in [-0.39, 0.29) is 0 Å². The second kappa shape index (κ2) is 8.20. The molecular weight excluding hydrogens is 262 g/mol. The molecule has 0 aliphatic heterocycles. The first kappa shape index (κ1) is 15.2. The van der Waals surface area contributed by atoms with Gasteiger partial charge in [0.1, 0.15) is 11.5 Å². The molecule has 0 radical (unpaired) electrons. The van der Waals surface area contributed by atoms with Crippen LogP contribution in [0.2, 0.25) is 0 Å². The van der Waals surface area contributed by atoms with E-state index in [9.17, 15) is 0 Å². The molecule has 0 saturated heterocycles. The molecule has 3 nitrogen and oxygen atoms in total. The van der Waals surface area contributed by atoms with E-state index in [4.69, 9.17) is 9.47 Å². The van der Waals surface area contributed by atoms with Crippen molar-refractivity contribution >= 4 is 5.69 Å². The minimum atomic E-state index is 0.768. The quantitative estimate of drug-likeness (QED) is 0.790. The van der Waals surface area contributed by atoms with Gasteiger partial charge in [0.2, 0.25) is 0 Å². The molecule has 0 saturated carbocycles. The zero-order valence-electron chi connectivity index (χ0n) is 12.8. The van der Waals surface area contributed by atoms with E-state index >= 15 is 0 Å². The van der Waals surface area contributed by atoms with Gasteiger partial charge < -0.3 is 14.8 Å². The summed E-state index contributed by atoms with van der Waals surface area (Å²) >= 11 is 0. The average molecular weight is 285 g/mol. The number of hydrogen-bond donors (Lipinski definition) is 1. The Morgan fingerprint density at radius 2 is 1.57 bits per heavy atom. The summed E-state index contributed by atoms with van der Waals surface area (Å²) in [5.41, 5.74) is 2.42. The third-order valence-electron chi connectivity index (χ3n) is 3.23. The molecule has 0 aliphatic carbocycles. The van der Waals surface area contributed by atoms with Gasteiger partial charge in [-0.25, -0.2) is 0 Å². The summed E-state index contributed by atoms with van der Waals surface area (Å²) in [6.45, 7) is 3.78. The summed E-state index contributed by atoms with van der Waals surface area (Å²) < 4.78 is 10.7. The number of anilines is 1. The second-order valence-corrected chi connectivity index (χ2v) is 4.90. The van der Waals surface area contributed by atoms with Gasteiger partial charge in [-0.3, -0.25) is 0 Å². The fourth-order valence-electron chi connectivity index (χ4n) is 2.03. The van der Waals surface area contributed by atoms with Crippen LogP contribution in [0.15, 0.2) is 48.5 Å². The van der Waals surface area contributed by atoms with Crippen molar-refractivity contribution in [2.75, 3.05) is 25.6 Å². The smallest absolute Gasteiger partial charge is 0.119 e. The van der Waals surface area contributed by atoms with E-state index in [0.29, 0.717) is 0 Å². The van der Waals surface area contributed by atoms with Crippen molar-refractivity contribution in [1.29, 1.82) is 0 Å². The summed E-state index contributed by atoms with van der Waals surface area (Å²) in [5, 5.41) is 3.42.